The molecule has 2 aromatic carbocycles. The van der Waals surface area contributed by atoms with Crippen LogP contribution in [0.3, 0.4) is 0 Å². The first-order valence-corrected chi connectivity index (χ1v) is 7.36. The molecule has 0 spiro atoms. The summed E-state index contributed by atoms with van der Waals surface area (Å²) in [6, 6.07) is 15.1. The van der Waals surface area contributed by atoms with E-state index in [0.29, 0.717) is 0 Å². The fraction of sp³-hybridized carbons (Fsp3) is 0.250. The molecule has 0 saturated carbocycles. The second-order valence-electron chi connectivity index (χ2n) is 5.02. The van der Waals surface area contributed by atoms with Gasteiger partial charge in [-0.2, -0.15) is 0 Å². The number of fused-ring (bicyclic) bond motifs is 1. The van der Waals surface area contributed by atoms with Gasteiger partial charge in [0.05, 0.1) is 0 Å². The van der Waals surface area contributed by atoms with Crippen LogP contribution < -0.4 is 10.6 Å². The summed E-state index contributed by atoms with van der Waals surface area (Å²) < 4.78 is 1.09. The molecular weight excluding hydrogens is 300 g/mol. The molecule has 0 bridgehead atoms. The maximum Gasteiger partial charge on any atom is 0.0444 e. The topological polar surface area (TPSA) is 29.3 Å². The van der Waals surface area contributed by atoms with E-state index >= 15 is 0 Å². The van der Waals surface area contributed by atoms with Gasteiger partial charge in [0, 0.05) is 28.4 Å². The predicted octanol–water partition coefficient (Wildman–Crippen LogP) is 4.16. The minimum atomic E-state index is 0.0503. The lowest BCUT2D eigenvalue weighted by atomic mass is 10.1. The number of rotatable bonds is 2. The van der Waals surface area contributed by atoms with Gasteiger partial charge in [-0.3, -0.25) is 0 Å². The van der Waals surface area contributed by atoms with Crippen LogP contribution in [-0.2, 0) is 6.42 Å². The third kappa shape index (κ3) is 2.28. The summed E-state index contributed by atoms with van der Waals surface area (Å²) in [7, 11) is 0. The number of para-hydroxylation sites is 1. The minimum absolute atomic E-state index is 0.0503. The van der Waals surface area contributed by atoms with Gasteiger partial charge < -0.3 is 10.6 Å². The Morgan fingerprint density at radius 2 is 2.00 bits per heavy atom. The molecule has 1 aliphatic rings. The van der Waals surface area contributed by atoms with E-state index in [9.17, 15) is 0 Å². The van der Waals surface area contributed by atoms with Gasteiger partial charge in [-0.1, -0.05) is 40.2 Å². The van der Waals surface area contributed by atoms with Crippen molar-refractivity contribution in [3.8, 4) is 0 Å². The normalized spacial score (nSPS) is 15.4. The highest BCUT2D eigenvalue weighted by Gasteiger charge is 2.20. The van der Waals surface area contributed by atoms with Crippen LogP contribution in [0.25, 0.3) is 0 Å². The lowest BCUT2D eigenvalue weighted by Crippen LogP contribution is -2.14. The first-order valence-electron chi connectivity index (χ1n) is 6.57. The predicted molar refractivity (Wildman–Crippen MR) is 83.9 cm³/mol. The highest BCUT2D eigenvalue weighted by molar-refractivity contribution is 9.10. The molecule has 98 valence electrons. The highest BCUT2D eigenvalue weighted by atomic mass is 79.9. The molecule has 0 amide bonds. The highest BCUT2D eigenvalue weighted by Crippen LogP contribution is 2.36. The van der Waals surface area contributed by atoms with E-state index in [1.165, 1.54) is 16.9 Å². The first-order chi connectivity index (χ1) is 9.16. The number of benzene rings is 2. The Kier molecular flexibility index (Phi) is 3.33. The van der Waals surface area contributed by atoms with Crippen molar-refractivity contribution < 1.29 is 0 Å². The van der Waals surface area contributed by atoms with E-state index in [2.05, 4.69) is 63.3 Å². The summed E-state index contributed by atoms with van der Waals surface area (Å²) >= 11 is 3.63. The smallest absolute Gasteiger partial charge is 0.0444 e. The van der Waals surface area contributed by atoms with Gasteiger partial charge in [-0.15, -0.1) is 0 Å². The number of nitrogens with two attached hydrogens (primary N) is 1. The molecule has 0 aliphatic carbocycles. The van der Waals surface area contributed by atoms with Crippen molar-refractivity contribution in [3.63, 3.8) is 0 Å². The molecule has 2 aromatic rings. The largest absolute Gasteiger partial charge is 0.341 e. The van der Waals surface area contributed by atoms with Crippen LogP contribution in [0.15, 0.2) is 46.9 Å². The number of halogens is 1. The van der Waals surface area contributed by atoms with Gasteiger partial charge in [-0.05, 0) is 42.7 Å². The molecule has 0 saturated heterocycles. The molecule has 1 aliphatic heterocycles. The van der Waals surface area contributed by atoms with Gasteiger partial charge in [-0.25, -0.2) is 0 Å². The number of nitrogens with zero attached hydrogens (tertiary/aromatic N) is 1. The molecule has 2 N–H and O–H groups in total. The molecule has 1 heterocycles. The fourth-order valence-electron chi connectivity index (χ4n) is 2.66. The van der Waals surface area contributed by atoms with Crippen LogP contribution in [0, 0.1) is 0 Å². The summed E-state index contributed by atoms with van der Waals surface area (Å²) in [4.78, 5) is 2.37. The molecule has 19 heavy (non-hydrogen) atoms. The summed E-state index contributed by atoms with van der Waals surface area (Å²) in [5.74, 6) is 0. The maximum atomic E-state index is 5.95. The average molecular weight is 317 g/mol. The molecular formula is C16H17BrN2. The van der Waals surface area contributed by atoms with Crippen molar-refractivity contribution in [3.05, 3.63) is 58.1 Å². The Labute approximate surface area is 122 Å². The molecule has 1 unspecified atom stereocenters. The Morgan fingerprint density at radius 1 is 1.21 bits per heavy atom. The standard InChI is InChI=1S/C16H17BrN2/c1-11(18)14-7-6-13(10-15(14)17)19-9-8-12-4-2-3-5-16(12)19/h2-7,10-11H,8-9,18H2,1H3. The van der Waals surface area contributed by atoms with Crippen LogP contribution in [0.4, 0.5) is 11.4 Å². The molecule has 3 heteroatoms. The zero-order chi connectivity index (χ0) is 13.4. The second kappa shape index (κ2) is 4.99. The lowest BCUT2D eigenvalue weighted by Gasteiger charge is -2.21. The summed E-state index contributed by atoms with van der Waals surface area (Å²) in [5, 5.41) is 0. The zero-order valence-corrected chi connectivity index (χ0v) is 12.5. The first kappa shape index (κ1) is 12.7. The van der Waals surface area contributed by atoms with Crippen molar-refractivity contribution in [2.75, 3.05) is 11.4 Å². The lowest BCUT2D eigenvalue weighted by molar-refractivity contribution is 0.813. The monoisotopic (exact) mass is 316 g/mol. The zero-order valence-electron chi connectivity index (χ0n) is 10.9. The maximum absolute atomic E-state index is 5.95. The van der Waals surface area contributed by atoms with Crippen LogP contribution in [0.5, 0.6) is 0 Å². The van der Waals surface area contributed by atoms with Crippen LogP contribution in [0.1, 0.15) is 24.1 Å². The van der Waals surface area contributed by atoms with Gasteiger partial charge in [0.15, 0.2) is 0 Å². The average Bonchev–Trinajstić information content (AvgIpc) is 2.82. The molecule has 1 atom stereocenters. The van der Waals surface area contributed by atoms with Crippen molar-refractivity contribution >= 4 is 27.3 Å². The van der Waals surface area contributed by atoms with Crippen molar-refractivity contribution in [2.45, 2.75) is 19.4 Å². The van der Waals surface area contributed by atoms with Crippen LogP contribution in [-0.4, -0.2) is 6.54 Å². The number of anilines is 2. The second-order valence-corrected chi connectivity index (χ2v) is 5.88. The van der Waals surface area contributed by atoms with E-state index in [1.54, 1.807) is 0 Å². The number of hydrogen-bond acceptors (Lipinski definition) is 2. The SMILES string of the molecule is CC(N)c1ccc(N2CCc3ccccc32)cc1Br. The summed E-state index contributed by atoms with van der Waals surface area (Å²) in [6.45, 7) is 3.05. The van der Waals surface area contributed by atoms with Crippen molar-refractivity contribution in [1.82, 2.24) is 0 Å². The Balaban J connectivity index is 1.99. The van der Waals surface area contributed by atoms with E-state index in [0.717, 1.165) is 23.0 Å². The van der Waals surface area contributed by atoms with Gasteiger partial charge in [0.2, 0.25) is 0 Å². The van der Waals surface area contributed by atoms with Crippen LogP contribution >= 0.6 is 15.9 Å². The van der Waals surface area contributed by atoms with E-state index < -0.39 is 0 Å². The Bertz CT molecular complexity index is 607. The molecule has 0 aromatic heterocycles. The summed E-state index contributed by atoms with van der Waals surface area (Å²) in [6.07, 6.45) is 1.11. The Morgan fingerprint density at radius 3 is 2.74 bits per heavy atom. The van der Waals surface area contributed by atoms with Gasteiger partial charge in [0.1, 0.15) is 0 Å². The van der Waals surface area contributed by atoms with Crippen molar-refractivity contribution in [1.29, 1.82) is 0 Å². The Hall–Kier alpha value is -1.32. The third-order valence-electron chi connectivity index (χ3n) is 3.67. The number of hydrogen-bond donors (Lipinski definition) is 1. The van der Waals surface area contributed by atoms with Gasteiger partial charge in [0.25, 0.3) is 0 Å². The third-order valence-corrected chi connectivity index (χ3v) is 4.36. The quantitative estimate of drug-likeness (QED) is 0.901. The van der Waals surface area contributed by atoms with E-state index in [4.69, 9.17) is 5.73 Å². The molecule has 0 fully saturated rings. The fourth-order valence-corrected chi connectivity index (χ4v) is 3.39. The van der Waals surface area contributed by atoms with E-state index in [-0.39, 0.29) is 6.04 Å². The van der Waals surface area contributed by atoms with Crippen molar-refractivity contribution in [2.24, 2.45) is 5.73 Å². The molecule has 2 nitrogen and oxygen atoms in total. The van der Waals surface area contributed by atoms with Crippen LogP contribution in [0.2, 0.25) is 0 Å². The molecule has 0 radical (unpaired) electrons. The minimum Gasteiger partial charge on any atom is -0.341 e. The molecule has 3 rings (SSSR count). The van der Waals surface area contributed by atoms with E-state index in [1.807, 2.05) is 6.92 Å². The van der Waals surface area contributed by atoms with Gasteiger partial charge >= 0.3 is 0 Å². The summed E-state index contributed by atoms with van der Waals surface area (Å²) in [5.41, 5.74) is 11.1.